The SMILES string of the molecule is CC(C)CC(C[AsH2])CP(=O)(O)O. The van der Waals surface area contributed by atoms with E-state index < -0.39 is 7.60 Å². The van der Waals surface area contributed by atoms with Crippen molar-refractivity contribution >= 4 is 24.4 Å². The van der Waals surface area contributed by atoms with Gasteiger partial charge in [-0.25, -0.2) is 0 Å². The van der Waals surface area contributed by atoms with Gasteiger partial charge in [0.2, 0.25) is 0 Å². The molecule has 2 atom stereocenters. The normalized spacial score (nSPS) is 15.2. The summed E-state index contributed by atoms with van der Waals surface area (Å²) in [6.07, 6.45) is 0.979. The average molecular weight is 256 g/mol. The van der Waals surface area contributed by atoms with Crippen LogP contribution in [0.1, 0.15) is 20.3 Å². The maximum atomic E-state index is 10.7. The molecule has 0 aliphatic carbocycles. The van der Waals surface area contributed by atoms with Crippen molar-refractivity contribution in [1.82, 2.24) is 0 Å². The van der Waals surface area contributed by atoms with Gasteiger partial charge in [-0.05, 0) is 0 Å². The van der Waals surface area contributed by atoms with Crippen LogP contribution in [0.25, 0.3) is 0 Å². The Morgan fingerprint density at radius 2 is 1.92 bits per heavy atom. The first-order chi connectivity index (χ1) is 5.35. The van der Waals surface area contributed by atoms with Crippen molar-refractivity contribution in [3.63, 3.8) is 0 Å². The van der Waals surface area contributed by atoms with E-state index in [2.05, 4.69) is 13.8 Å². The van der Waals surface area contributed by atoms with Gasteiger partial charge in [0.1, 0.15) is 0 Å². The molecule has 0 aromatic carbocycles. The number of hydrogen-bond acceptors (Lipinski definition) is 1. The van der Waals surface area contributed by atoms with Crippen LogP contribution < -0.4 is 0 Å². The Morgan fingerprint density at radius 3 is 2.17 bits per heavy atom. The number of rotatable bonds is 5. The molecule has 0 aliphatic heterocycles. The first-order valence-corrected chi connectivity index (χ1v) is 7.61. The molecule has 0 aromatic rings. The third kappa shape index (κ3) is 7.36. The maximum absolute atomic E-state index is 10.7. The van der Waals surface area contributed by atoms with Crippen LogP contribution >= 0.6 is 7.60 Å². The molecule has 0 aliphatic rings. The fourth-order valence-corrected chi connectivity index (χ4v) is 3.56. The van der Waals surface area contributed by atoms with Crippen LogP contribution in [0.2, 0.25) is 5.21 Å². The van der Waals surface area contributed by atoms with Crippen molar-refractivity contribution in [3.8, 4) is 0 Å². The molecule has 0 bridgehead atoms. The van der Waals surface area contributed by atoms with E-state index in [1.165, 1.54) is 0 Å². The van der Waals surface area contributed by atoms with Gasteiger partial charge in [-0.1, -0.05) is 0 Å². The Hall–Kier alpha value is 0.708. The molecule has 12 heavy (non-hydrogen) atoms. The average Bonchev–Trinajstić information content (AvgIpc) is 1.82. The van der Waals surface area contributed by atoms with Gasteiger partial charge in [0.05, 0.1) is 0 Å². The molecular weight excluding hydrogens is 238 g/mol. The summed E-state index contributed by atoms with van der Waals surface area (Å²) in [6.45, 7) is 4.16. The summed E-state index contributed by atoms with van der Waals surface area (Å²) in [5.41, 5.74) is 0. The van der Waals surface area contributed by atoms with Crippen molar-refractivity contribution in [2.45, 2.75) is 25.5 Å². The van der Waals surface area contributed by atoms with Crippen molar-refractivity contribution < 1.29 is 14.4 Å². The summed E-state index contributed by atoms with van der Waals surface area (Å²) in [7, 11) is -3.78. The van der Waals surface area contributed by atoms with Crippen LogP contribution in [0.4, 0.5) is 0 Å². The van der Waals surface area contributed by atoms with Crippen LogP contribution in [0, 0.1) is 11.8 Å². The van der Waals surface area contributed by atoms with Crippen molar-refractivity contribution in [2.75, 3.05) is 6.16 Å². The molecule has 0 saturated heterocycles. The molecule has 0 saturated carbocycles. The molecule has 2 unspecified atom stereocenters. The van der Waals surface area contributed by atoms with E-state index in [0.717, 1.165) is 11.6 Å². The minimum atomic E-state index is -3.78. The first kappa shape index (κ1) is 12.7. The molecule has 0 radical (unpaired) electrons. The van der Waals surface area contributed by atoms with Gasteiger partial charge in [-0.2, -0.15) is 0 Å². The summed E-state index contributed by atoms with van der Waals surface area (Å²) >= 11 is 1.55. The molecule has 3 nitrogen and oxygen atoms in total. The van der Waals surface area contributed by atoms with Crippen molar-refractivity contribution in [2.24, 2.45) is 11.8 Å². The van der Waals surface area contributed by atoms with E-state index in [9.17, 15) is 4.57 Å². The Labute approximate surface area is 82.6 Å². The molecule has 0 aromatic heterocycles. The second-order valence-electron chi connectivity index (χ2n) is 3.58. The third-order valence-electron chi connectivity index (χ3n) is 1.63. The number of hydrogen-bond donors (Lipinski definition) is 2. The van der Waals surface area contributed by atoms with Crippen LogP contribution in [-0.4, -0.2) is 32.8 Å². The second-order valence-corrected chi connectivity index (χ2v) is 6.26. The van der Waals surface area contributed by atoms with E-state index in [-0.39, 0.29) is 12.1 Å². The van der Waals surface area contributed by atoms with Crippen LogP contribution in [0.5, 0.6) is 0 Å². The zero-order valence-corrected chi connectivity index (χ0v) is 10.9. The zero-order valence-electron chi connectivity index (χ0n) is 7.60. The molecule has 0 amide bonds. The quantitative estimate of drug-likeness (QED) is 0.567. The Bertz CT molecular complexity index is 166. The molecule has 74 valence electrons. The van der Waals surface area contributed by atoms with Crippen LogP contribution in [-0.2, 0) is 4.57 Å². The predicted octanol–water partition coefficient (Wildman–Crippen LogP) is 0.878. The fourth-order valence-electron chi connectivity index (χ4n) is 1.25. The summed E-state index contributed by atoms with van der Waals surface area (Å²) < 4.78 is 10.7. The monoisotopic (exact) mass is 256 g/mol. The molecule has 0 fully saturated rings. The van der Waals surface area contributed by atoms with Gasteiger partial charge in [0, 0.05) is 0 Å². The fraction of sp³-hybridized carbons (Fsp3) is 1.00. The van der Waals surface area contributed by atoms with Crippen molar-refractivity contribution in [3.05, 3.63) is 0 Å². The van der Waals surface area contributed by atoms with Crippen molar-refractivity contribution in [1.29, 1.82) is 0 Å². The zero-order chi connectivity index (χ0) is 9.78. The van der Waals surface area contributed by atoms with Crippen LogP contribution in [0.3, 0.4) is 0 Å². The van der Waals surface area contributed by atoms with E-state index in [4.69, 9.17) is 9.79 Å². The second kappa shape index (κ2) is 5.44. The Morgan fingerprint density at radius 1 is 1.42 bits per heavy atom. The minimum absolute atomic E-state index is 0.0590. The summed E-state index contributed by atoms with van der Waals surface area (Å²) in [5.74, 6) is 0.725. The molecule has 2 N–H and O–H groups in total. The van der Waals surface area contributed by atoms with Gasteiger partial charge in [-0.3, -0.25) is 0 Å². The predicted molar refractivity (Wildman–Crippen MR) is 53.2 cm³/mol. The topological polar surface area (TPSA) is 57.5 Å². The van der Waals surface area contributed by atoms with Gasteiger partial charge >= 0.3 is 82.3 Å². The first-order valence-electron chi connectivity index (χ1n) is 4.09. The van der Waals surface area contributed by atoms with Crippen LogP contribution in [0.15, 0.2) is 0 Å². The van der Waals surface area contributed by atoms with Gasteiger partial charge in [-0.15, -0.1) is 0 Å². The molecule has 5 heteroatoms. The Kier molecular flexibility index (Phi) is 5.76. The molecule has 0 heterocycles. The standard InChI is InChI=1S/C7H18AsO3P/c1-6(2)3-7(4-8)5-12(9,10)11/h6-7H,3-5,8H2,1-2H3,(H2,9,10,11). The van der Waals surface area contributed by atoms with E-state index in [1.807, 2.05) is 0 Å². The molecule has 0 spiro atoms. The summed E-state index contributed by atoms with van der Waals surface area (Å²) in [5, 5.41) is 0.913. The van der Waals surface area contributed by atoms with Gasteiger partial charge in [0.25, 0.3) is 0 Å². The third-order valence-corrected chi connectivity index (χ3v) is 4.02. The van der Waals surface area contributed by atoms with Gasteiger partial charge < -0.3 is 0 Å². The molecular formula is C7H18AsO3P. The van der Waals surface area contributed by atoms with E-state index in [1.54, 1.807) is 16.9 Å². The van der Waals surface area contributed by atoms with E-state index in [0.29, 0.717) is 5.92 Å². The Balaban J connectivity index is 3.92. The van der Waals surface area contributed by atoms with E-state index >= 15 is 0 Å². The van der Waals surface area contributed by atoms with Gasteiger partial charge in [0.15, 0.2) is 0 Å². The summed E-state index contributed by atoms with van der Waals surface area (Å²) in [6, 6.07) is 0. The molecule has 0 rings (SSSR count). The summed E-state index contributed by atoms with van der Waals surface area (Å²) in [4.78, 5) is 17.5.